The molecular weight excluding hydrogens is 320 g/mol. The molecule has 1 aliphatic rings. The third kappa shape index (κ3) is 3.10. The minimum atomic E-state index is -0.281. The van der Waals surface area contributed by atoms with Gasteiger partial charge < -0.3 is 15.2 Å². The van der Waals surface area contributed by atoms with Crippen LogP contribution < -0.4 is 10.6 Å². The Morgan fingerprint density at radius 2 is 2.16 bits per heavy atom. The number of anilines is 1. The quantitative estimate of drug-likeness (QED) is 0.764. The van der Waals surface area contributed by atoms with Gasteiger partial charge >= 0.3 is 6.03 Å². The molecule has 25 heavy (non-hydrogen) atoms. The number of hydrogen-bond donors (Lipinski definition) is 2. The highest BCUT2D eigenvalue weighted by Gasteiger charge is 2.23. The molecule has 2 N–H and O–H groups in total. The number of aromatic nitrogens is 4. The van der Waals surface area contributed by atoms with Crippen LogP contribution in [0.1, 0.15) is 17.9 Å². The highest BCUT2D eigenvalue weighted by Crippen LogP contribution is 2.30. The lowest BCUT2D eigenvalue weighted by molar-refractivity contribution is 0.243. The third-order valence-corrected chi connectivity index (χ3v) is 4.28. The van der Waals surface area contributed by atoms with Crippen molar-refractivity contribution in [3.63, 3.8) is 0 Å². The number of hydrogen-bond acceptors (Lipinski definition) is 5. The zero-order valence-electron chi connectivity index (χ0n) is 13.8. The molecule has 0 saturated heterocycles. The van der Waals surface area contributed by atoms with E-state index >= 15 is 0 Å². The van der Waals surface area contributed by atoms with Crippen LogP contribution in [0.5, 0.6) is 0 Å². The lowest BCUT2D eigenvalue weighted by Crippen LogP contribution is -2.43. The Labute approximate surface area is 144 Å². The number of fused-ring (bicyclic) bond motifs is 1. The van der Waals surface area contributed by atoms with Gasteiger partial charge in [-0.25, -0.2) is 14.5 Å². The SMILES string of the molecule is Cc1noc(-c2ccccc2)c1NC(=O)N[C@H]1CCc2ncnn2C1. The van der Waals surface area contributed by atoms with Gasteiger partial charge in [-0.05, 0) is 13.3 Å². The molecule has 2 amide bonds. The normalized spacial score (nSPS) is 16.3. The molecule has 3 aromatic rings. The Bertz CT molecular complexity index is 886. The van der Waals surface area contributed by atoms with Gasteiger partial charge in [0.25, 0.3) is 0 Å². The lowest BCUT2D eigenvalue weighted by Gasteiger charge is -2.23. The fraction of sp³-hybridized carbons (Fsp3) is 0.294. The molecule has 1 aliphatic heterocycles. The van der Waals surface area contributed by atoms with Crippen LogP contribution in [0.4, 0.5) is 10.5 Å². The number of carbonyl (C=O) groups excluding carboxylic acids is 1. The van der Waals surface area contributed by atoms with Crippen molar-refractivity contribution >= 4 is 11.7 Å². The maximum Gasteiger partial charge on any atom is 0.319 e. The van der Waals surface area contributed by atoms with E-state index < -0.39 is 0 Å². The van der Waals surface area contributed by atoms with E-state index in [1.54, 1.807) is 13.3 Å². The number of nitrogens with one attached hydrogen (secondary N) is 2. The average molecular weight is 338 g/mol. The third-order valence-electron chi connectivity index (χ3n) is 4.28. The van der Waals surface area contributed by atoms with E-state index in [1.165, 1.54) is 0 Å². The van der Waals surface area contributed by atoms with E-state index in [2.05, 4.69) is 25.9 Å². The van der Waals surface area contributed by atoms with Crippen molar-refractivity contribution in [3.05, 3.63) is 48.2 Å². The molecule has 0 radical (unpaired) electrons. The van der Waals surface area contributed by atoms with Crippen molar-refractivity contribution in [3.8, 4) is 11.3 Å². The molecule has 3 heterocycles. The van der Waals surface area contributed by atoms with E-state index in [4.69, 9.17) is 4.52 Å². The van der Waals surface area contributed by atoms with E-state index in [0.717, 1.165) is 24.2 Å². The molecule has 0 fully saturated rings. The van der Waals surface area contributed by atoms with Gasteiger partial charge in [0, 0.05) is 12.0 Å². The van der Waals surface area contributed by atoms with E-state index in [-0.39, 0.29) is 12.1 Å². The summed E-state index contributed by atoms with van der Waals surface area (Å²) in [7, 11) is 0. The summed E-state index contributed by atoms with van der Waals surface area (Å²) in [5.41, 5.74) is 2.08. The number of benzene rings is 1. The monoisotopic (exact) mass is 338 g/mol. The minimum Gasteiger partial charge on any atom is -0.354 e. The predicted molar refractivity (Wildman–Crippen MR) is 91.0 cm³/mol. The predicted octanol–water partition coefficient (Wildman–Crippen LogP) is 2.38. The number of carbonyl (C=O) groups is 1. The smallest absolute Gasteiger partial charge is 0.319 e. The lowest BCUT2D eigenvalue weighted by atomic mass is 10.1. The maximum atomic E-state index is 12.4. The highest BCUT2D eigenvalue weighted by atomic mass is 16.5. The van der Waals surface area contributed by atoms with Crippen LogP contribution in [0.15, 0.2) is 41.2 Å². The molecule has 0 aliphatic carbocycles. The summed E-state index contributed by atoms with van der Waals surface area (Å²) in [5.74, 6) is 1.51. The van der Waals surface area contributed by atoms with E-state index in [9.17, 15) is 4.79 Å². The van der Waals surface area contributed by atoms with Crippen molar-refractivity contribution in [2.24, 2.45) is 0 Å². The molecule has 4 rings (SSSR count). The zero-order valence-corrected chi connectivity index (χ0v) is 13.8. The Kier molecular flexibility index (Phi) is 3.93. The second kappa shape index (κ2) is 6.39. The molecule has 1 atom stereocenters. The van der Waals surface area contributed by atoms with E-state index in [1.807, 2.05) is 35.0 Å². The standard InChI is InChI=1S/C17H18N6O2/c1-11-15(16(25-22-11)12-5-3-2-4-6-12)21-17(24)20-13-7-8-14-18-10-19-23(14)9-13/h2-6,10,13H,7-9H2,1H3,(H2,20,21,24)/t13-/m0/s1. The molecular formula is C17H18N6O2. The summed E-state index contributed by atoms with van der Waals surface area (Å²) in [5, 5.41) is 14.0. The van der Waals surface area contributed by atoms with Gasteiger partial charge in [-0.1, -0.05) is 35.5 Å². The van der Waals surface area contributed by atoms with Crippen molar-refractivity contribution in [2.45, 2.75) is 32.4 Å². The van der Waals surface area contributed by atoms with Crippen molar-refractivity contribution in [1.29, 1.82) is 0 Å². The van der Waals surface area contributed by atoms with E-state index in [0.29, 0.717) is 23.7 Å². The van der Waals surface area contributed by atoms with Gasteiger partial charge in [0.2, 0.25) is 0 Å². The summed E-state index contributed by atoms with van der Waals surface area (Å²) < 4.78 is 7.22. The van der Waals surface area contributed by atoms with Crippen molar-refractivity contribution < 1.29 is 9.32 Å². The van der Waals surface area contributed by atoms with Gasteiger partial charge in [-0.15, -0.1) is 0 Å². The number of aryl methyl sites for hydroxylation is 2. The fourth-order valence-corrected chi connectivity index (χ4v) is 2.99. The molecule has 1 aromatic carbocycles. The van der Waals surface area contributed by atoms with Gasteiger partial charge in [-0.2, -0.15) is 5.10 Å². The van der Waals surface area contributed by atoms with Gasteiger partial charge in [0.05, 0.1) is 12.6 Å². The summed E-state index contributed by atoms with van der Waals surface area (Å²) in [6.45, 7) is 2.42. The maximum absolute atomic E-state index is 12.4. The molecule has 0 bridgehead atoms. The van der Waals surface area contributed by atoms with Crippen LogP contribution in [0.2, 0.25) is 0 Å². The Balaban J connectivity index is 1.46. The zero-order chi connectivity index (χ0) is 17.2. The highest BCUT2D eigenvalue weighted by molar-refractivity contribution is 5.94. The number of nitrogens with zero attached hydrogens (tertiary/aromatic N) is 4. The first kappa shape index (κ1) is 15.4. The summed E-state index contributed by atoms with van der Waals surface area (Å²) >= 11 is 0. The van der Waals surface area contributed by atoms with Crippen LogP contribution in [0.3, 0.4) is 0 Å². The van der Waals surface area contributed by atoms with Crippen LogP contribution >= 0.6 is 0 Å². The molecule has 128 valence electrons. The first-order chi connectivity index (χ1) is 12.2. The first-order valence-corrected chi connectivity index (χ1v) is 8.16. The Morgan fingerprint density at radius 3 is 3.00 bits per heavy atom. The van der Waals surface area contributed by atoms with Gasteiger partial charge in [0.15, 0.2) is 5.76 Å². The van der Waals surface area contributed by atoms with Crippen LogP contribution in [-0.4, -0.2) is 32.0 Å². The van der Waals surface area contributed by atoms with Crippen LogP contribution in [-0.2, 0) is 13.0 Å². The number of amides is 2. The number of rotatable bonds is 3. The summed E-state index contributed by atoms with van der Waals surface area (Å²) in [6.07, 6.45) is 3.18. The topological polar surface area (TPSA) is 97.9 Å². The molecule has 0 saturated carbocycles. The minimum absolute atomic E-state index is 0.00883. The van der Waals surface area contributed by atoms with Crippen LogP contribution in [0.25, 0.3) is 11.3 Å². The molecule has 2 aromatic heterocycles. The molecule has 8 nitrogen and oxygen atoms in total. The molecule has 8 heteroatoms. The van der Waals surface area contributed by atoms with Gasteiger partial charge in [0.1, 0.15) is 23.5 Å². The Morgan fingerprint density at radius 1 is 1.32 bits per heavy atom. The summed E-state index contributed by atoms with van der Waals surface area (Å²) in [4.78, 5) is 16.6. The molecule has 0 unspecified atom stereocenters. The summed E-state index contributed by atoms with van der Waals surface area (Å²) in [6, 6.07) is 9.30. The fourth-order valence-electron chi connectivity index (χ4n) is 2.99. The second-order valence-corrected chi connectivity index (χ2v) is 6.03. The first-order valence-electron chi connectivity index (χ1n) is 8.16. The van der Waals surface area contributed by atoms with Crippen molar-refractivity contribution in [2.75, 3.05) is 5.32 Å². The van der Waals surface area contributed by atoms with Crippen molar-refractivity contribution in [1.82, 2.24) is 25.2 Å². The largest absolute Gasteiger partial charge is 0.354 e. The second-order valence-electron chi connectivity index (χ2n) is 6.03. The van der Waals surface area contributed by atoms with Gasteiger partial charge in [-0.3, -0.25) is 0 Å². The Hall–Kier alpha value is -3.16. The average Bonchev–Trinajstić information content (AvgIpc) is 3.22. The van der Waals surface area contributed by atoms with Crippen LogP contribution in [0, 0.1) is 6.92 Å². The molecule has 0 spiro atoms. The number of urea groups is 1.